The van der Waals surface area contributed by atoms with Gasteiger partial charge in [0.2, 0.25) is 5.91 Å². The fourth-order valence-electron chi connectivity index (χ4n) is 2.14. The monoisotopic (exact) mass is 280 g/mol. The molecule has 2 saturated heterocycles. The minimum absolute atomic E-state index is 0. The second-order valence-corrected chi connectivity index (χ2v) is 6.00. The number of thioether (sulfide) groups is 1. The molecule has 2 unspecified atom stereocenters. The van der Waals surface area contributed by atoms with Gasteiger partial charge in [0.15, 0.2) is 0 Å². The lowest BCUT2D eigenvalue weighted by Crippen LogP contribution is -2.47. The zero-order valence-corrected chi connectivity index (χ0v) is 11.8. The van der Waals surface area contributed by atoms with Gasteiger partial charge in [-0.2, -0.15) is 11.8 Å². The lowest BCUT2D eigenvalue weighted by molar-refractivity contribution is -0.132. The Balaban J connectivity index is 0.00000144. The van der Waals surface area contributed by atoms with Crippen molar-refractivity contribution in [1.82, 2.24) is 10.2 Å². The van der Waals surface area contributed by atoms with Crippen LogP contribution in [-0.2, 0) is 9.53 Å². The van der Waals surface area contributed by atoms with Crippen molar-refractivity contribution in [3.05, 3.63) is 0 Å². The van der Waals surface area contributed by atoms with E-state index in [4.69, 9.17) is 4.74 Å². The minimum atomic E-state index is 0. The van der Waals surface area contributed by atoms with Crippen molar-refractivity contribution >= 4 is 30.1 Å². The summed E-state index contributed by atoms with van der Waals surface area (Å²) in [6, 6.07) is 0.214. The molecular weight excluding hydrogens is 260 g/mol. The fraction of sp³-hybridized carbons (Fsp3) is 0.909. The highest BCUT2D eigenvalue weighted by molar-refractivity contribution is 7.99. The van der Waals surface area contributed by atoms with Gasteiger partial charge < -0.3 is 15.0 Å². The topological polar surface area (TPSA) is 41.6 Å². The first-order chi connectivity index (χ1) is 7.75. The fourth-order valence-corrected chi connectivity index (χ4v) is 3.15. The third kappa shape index (κ3) is 4.66. The Kier molecular flexibility index (Phi) is 6.62. The highest BCUT2D eigenvalue weighted by Crippen LogP contribution is 2.18. The number of hydrogen-bond donors (Lipinski definition) is 1. The Morgan fingerprint density at radius 1 is 1.59 bits per heavy atom. The molecular formula is C11H21ClN2O2S. The van der Waals surface area contributed by atoms with Crippen molar-refractivity contribution in [2.45, 2.75) is 24.6 Å². The van der Waals surface area contributed by atoms with E-state index in [9.17, 15) is 4.79 Å². The molecule has 1 N–H and O–H groups in total. The highest BCUT2D eigenvalue weighted by Gasteiger charge is 2.24. The summed E-state index contributed by atoms with van der Waals surface area (Å²) in [6.45, 7) is 6.29. The molecule has 0 aromatic rings. The summed E-state index contributed by atoms with van der Waals surface area (Å²) in [5.74, 6) is 1.34. The van der Waals surface area contributed by atoms with Crippen molar-refractivity contribution in [3.8, 4) is 0 Å². The summed E-state index contributed by atoms with van der Waals surface area (Å²) in [5.41, 5.74) is 0. The summed E-state index contributed by atoms with van der Waals surface area (Å²) in [4.78, 5) is 14.0. The van der Waals surface area contributed by atoms with Crippen LogP contribution in [0.15, 0.2) is 0 Å². The Hall–Kier alpha value is 0.0300. The molecule has 2 atom stereocenters. The predicted octanol–water partition coefficient (Wildman–Crippen LogP) is 0.751. The molecule has 4 nitrogen and oxygen atoms in total. The average Bonchev–Trinajstić information content (AvgIpc) is 2.30. The molecule has 0 bridgehead atoms. The SMILES string of the molecule is CC1CN(C(=O)CC2COCCN2)CCS1.Cl. The van der Waals surface area contributed by atoms with Crippen molar-refractivity contribution < 1.29 is 9.53 Å². The molecule has 0 aliphatic carbocycles. The molecule has 2 heterocycles. The third-order valence-corrected chi connectivity index (χ3v) is 4.15. The van der Waals surface area contributed by atoms with Crippen molar-refractivity contribution in [1.29, 1.82) is 0 Å². The standard InChI is InChI=1S/C11H20N2O2S.ClH/c1-9-7-13(3-5-16-9)11(14)6-10-8-15-4-2-12-10;/h9-10,12H,2-8H2,1H3;1H. The first-order valence-electron chi connectivity index (χ1n) is 5.96. The first kappa shape index (κ1) is 15.1. The number of ether oxygens (including phenoxy) is 1. The summed E-state index contributed by atoms with van der Waals surface area (Å²) >= 11 is 1.95. The van der Waals surface area contributed by atoms with Gasteiger partial charge in [0.1, 0.15) is 0 Å². The molecule has 0 spiro atoms. The molecule has 2 aliphatic rings. The van der Waals surface area contributed by atoms with E-state index in [-0.39, 0.29) is 24.4 Å². The molecule has 0 radical (unpaired) electrons. The van der Waals surface area contributed by atoms with E-state index in [2.05, 4.69) is 12.2 Å². The number of hydrogen-bond acceptors (Lipinski definition) is 4. The number of morpholine rings is 1. The summed E-state index contributed by atoms with van der Waals surface area (Å²) in [7, 11) is 0. The van der Waals surface area contributed by atoms with Crippen LogP contribution < -0.4 is 5.32 Å². The van der Waals surface area contributed by atoms with Crippen LogP contribution in [0.1, 0.15) is 13.3 Å². The molecule has 6 heteroatoms. The molecule has 0 aromatic heterocycles. The summed E-state index contributed by atoms with van der Waals surface area (Å²) < 4.78 is 5.35. The van der Waals surface area contributed by atoms with E-state index in [1.807, 2.05) is 16.7 Å². The van der Waals surface area contributed by atoms with Gasteiger partial charge in [-0.05, 0) is 0 Å². The third-order valence-electron chi connectivity index (χ3n) is 3.01. The lowest BCUT2D eigenvalue weighted by Gasteiger charge is -2.32. The van der Waals surface area contributed by atoms with Gasteiger partial charge in [-0.25, -0.2) is 0 Å². The maximum Gasteiger partial charge on any atom is 0.224 e. The smallest absolute Gasteiger partial charge is 0.224 e. The Labute approximate surface area is 113 Å². The molecule has 2 aliphatic heterocycles. The van der Waals surface area contributed by atoms with E-state index in [1.165, 1.54) is 0 Å². The number of carbonyl (C=O) groups excluding carboxylic acids is 1. The Bertz CT molecular complexity index is 250. The van der Waals surface area contributed by atoms with E-state index in [0.29, 0.717) is 18.3 Å². The quantitative estimate of drug-likeness (QED) is 0.811. The summed E-state index contributed by atoms with van der Waals surface area (Å²) in [6.07, 6.45) is 0.581. The van der Waals surface area contributed by atoms with E-state index < -0.39 is 0 Å². The van der Waals surface area contributed by atoms with Gasteiger partial charge in [0.25, 0.3) is 0 Å². The lowest BCUT2D eigenvalue weighted by atomic mass is 10.1. The molecule has 0 aromatic carbocycles. The highest BCUT2D eigenvalue weighted by atomic mass is 35.5. The maximum absolute atomic E-state index is 12.0. The van der Waals surface area contributed by atoms with Crippen LogP contribution in [-0.4, -0.2) is 60.7 Å². The van der Waals surface area contributed by atoms with Gasteiger partial charge in [0, 0.05) is 43.1 Å². The maximum atomic E-state index is 12.0. The first-order valence-corrected chi connectivity index (χ1v) is 7.01. The molecule has 17 heavy (non-hydrogen) atoms. The van der Waals surface area contributed by atoms with Gasteiger partial charge in [-0.1, -0.05) is 6.92 Å². The number of halogens is 1. The Morgan fingerprint density at radius 2 is 2.41 bits per heavy atom. The average molecular weight is 281 g/mol. The normalized spacial score (nSPS) is 29.6. The van der Waals surface area contributed by atoms with Crippen molar-refractivity contribution in [2.75, 3.05) is 38.6 Å². The van der Waals surface area contributed by atoms with Crippen LogP contribution in [0.2, 0.25) is 0 Å². The van der Waals surface area contributed by atoms with E-state index >= 15 is 0 Å². The largest absolute Gasteiger partial charge is 0.378 e. The zero-order chi connectivity index (χ0) is 11.4. The predicted molar refractivity (Wildman–Crippen MR) is 73.0 cm³/mol. The van der Waals surface area contributed by atoms with Crippen molar-refractivity contribution in [2.24, 2.45) is 0 Å². The number of nitrogens with zero attached hydrogens (tertiary/aromatic N) is 1. The number of amides is 1. The van der Waals surface area contributed by atoms with Gasteiger partial charge in [-0.3, -0.25) is 4.79 Å². The van der Waals surface area contributed by atoms with Gasteiger partial charge >= 0.3 is 0 Å². The minimum Gasteiger partial charge on any atom is -0.378 e. The number of rotatable bonds is 2. The molecule has 1 amide bonds. The molecule has 2 rings (SSSR count). The van der Waals surface area contributed by atoms with Crippen LogP contribution in [0.3, 0.4) is 0 Å². The zero-order valence-electron chi connectivity index (χ0n) is 10.2. The van der Waals surface area contributed by atoms with E-state index in [1.54, 1.807) is 0 Å². The van der Waals surface area contributed by atoms with Crippen LogP contribution in [0.25, 0.3) is 0 Å². The molecule has 0 saturated carbocycles. The number of nitrogens with one attached hydrogen (secondary N) is 1. The van der Waals surface area contributed by atoms with Gasteiger partial charge in [0.05, 0.1) is 13.2 Å². The Morgan fingerprint density at radius 3 is 3.06 bits per heavy atom. The second kappa shape index (κ2) is 7.46. The van der Waals surface area contributed by atoms with Gasteiger partial charge in [-0.15, -0.1) is 12.4 Å². The van der Waals surface area contributed by atoms with Crippen LogP contribution in [0.4, 0.5) is 0 Å². The number of carbonyl (C=O) groups is 1. The van der Waals surface area contributed by atoms with Crippen LogP contribution >= 0.6 is 24.2 Å². The second-order valence-electron chi connectivity index (χ2n) is 4.45. The summed E-state index contributed by atoms with van der Waals surface area (Å²) in [5, 5.41) is 3.90. The molecule has 100 valence electrons. The van der Waals surface area contributed by atoms with E-state index in [0.717, 1.165) is 32.0 Å². The van der Waals surface area contributed by atoms with Crippen LogP contribution in [0, 0.1) is 0 Å². The van der Waals surface area contributed by atoms with Crippen molar-refractivity contribution in [3.63, 3.8) is 0 Å². The van der Waals surface area contributed by atoms with Crippen LogP contribution in [0.5, 0.6) is 0 Å². The molecule has 2 fully saturated rings.